The predicted molar refractivity (Wildman–Crippen MR) is 148 cm³/mol. The molecule has 2 aromatic heterocycles. The summed E-state index contributed by atoms with van der Waals surface area (Å²) in [5, 5.41) is 10.2. The Hall–Kier alpha value is -3.62. The van der Waals surface area contributed by atoms with Crippen LogP contribution in [-0.2, 0) is 17.6 Å². The predicted octanol–water partition coefficient (Wildman–Crippen LogP) is 5.88. The van der Waals surface area contributed by atoms with E-state index in [1.54, 1.807) is 0 Å². The van der Waals surface area contributed by atoms with Crippen LogP contribution in [0.15, 0.2) is 22.9 Å². The Morgan fingerprint density at radius 3 is 2.53 bits per heavy atom. The molecular weight excluding hydrogens is 482 g/mol. The van der Waals surface area contributed by atoms with E-state index in [2.05, 4.69) is 34.6 Å². The van der Waals surface area contributed by atoms with Crippen LogP contribution in [-0.4, -0.2) is 47.0 Å². The van der Waals surface area contributed by atoms with Crippen molar-refractivity contribution in [2.24, 2.45) is 5.41 Å². The van der Waals surface area contributed by atoms with E-state index < -0.39 is 11.7 Å². The van der Waals surface area contributed by atoms with E-state index >= 15 is 0 Å². The van der Waals surface area contributed by atoms with Gasteiger partial charge >= 0.3 is 6.09 Å². The highest BCUT2D eigenvalue weighted by Crippen LogP contribution is 2.41. The van der Waals surface area contributed by atoms with Gasteiger partial charge < -0.3 is 24.6 Å². The molecule has 0 unspecified atom stereocenters. The van der Waals surface area contributed by atoms with Crippen molar-refractivity contribution >= 4 is 11.9 Å². The summed E-state index contributed by atoms with van der Waals surface area (Å²) >= 11 is 0. The fourth-order valence-electron chi connectivity index (χ4n) is 4.87. The van der Waals surface area contributed by atoms with Crippen LogP contribution >= 0.6 is 0 Å². The van der Waals surface area contributed by atoms with Crippen molar-refractivity contribution in [3.8, 4) is 28.6 Å². The molecule has 0 fully saturated rings. The lowest BCUT2D eigenvalue weighted by molar-refractivity contribution is 0.0520. The molecule has 9 nitrogen and oxygen atoms in total. The standard InChI is InChI=1S/C29H39N5O4/c1-17-13-19(14-18(2)23(17)36-12-11-31-27(35)37-28(3,4)5)24-33-26(38-34-24)22-16-32-25(30-8)21-15-29(6,7)10-9-20(21)22/h13-14,16H,9-12,15H2,1-8H3,(H,30,32)(H,31,35). The number of aromatic nitrogens is 3. The Balaban J connectivity index is 1.49. The van der Waals surface area contributed by atoms with Crippen LogP contribution in [0.2, 0.25) is 0 Å². The van der Waals surface area contributed by atoms with Crippen molar-refractivity contribution in [3.63, 3.8) is 0 Å². The van der Waals surface area contributed by atoms with Gasteiger partial charge in [0, 0.05) is 18.8 Å². The first-order chi connectivity index (χ1) is 17.9. The van der Waals surface area contributed by atoms with Gasteiger partial charge in [-0.1, -0.05) is 19.0 Å². The van der Waals surface area contributed by atoms with Crippen LogP contribution in [0.3, 0.4) is 0 Å². The molecule has 2 heterocycles. The average molecular weight is 522 g/mol. The summed E-state index contributed by atoms with van der Waals surface area (Å²) in [7, 11) is 1.91. The lowest BCUT2D eigenvalue weighted by Gasteiger charge is -2.32. The summed E-state index contributed by atoms with van der Waals surface area (Å²) in [6.45, 7) is 14.7. The van der Waals surface area contributed by atoms with Gasteiger partial charge in [-0.05, 0) is 93.7 Å². The topological polar surface area (TPSA) is 111 Å². The summed E-state index contributed by atoms with van der Waals surface area (Å²) in [5.74, 6) is 2.69. The van der Waals surface area contributed by atoms with Crippen molar-refractivity contribution < 1.29 is 18.8 Å². The van der Waals surface area contributed by atoms with Crippen molar-refractivity contribution in [2.45, 2.75) is 73.3 Å². The molecule has 1 aliphatic rings. The number of anilines is 1. The van der Waals surface area contributed by atoms with Gasteiger partial charge in [0.2, 0.25) is 5.82 Å². The van der Waals surface area contributed by atoms with Crippen molar-refractivity contribution in [1.29, 1.82) is 0 Å². The molecule has 3 aromatic rings. The number of hydrogen-bond acceptors (Lipinski definition) is 8. The summed E-state index contributed by atoms with van der Waals surface area (Å²) in [4.78, 5) is 21.2. The SMILES string of the molecule is CNc1ncc(-c2nc(-c3cc(C)c(OCCNC(=O)OC(C)(C)C)c(C)c3)no2)c2c1CC(C)(C)CC2. The third-order valence-corrected chi connectivity index (χ3v) is 6.63. The third kappa shape index (κ3) is 6.26. The molecule has 1 amide bonds. The smallest absolute Gasteiger partial charge is 0.407 e. The minimum Gasteiger partial charge on any atom is -0.491 e. The number of pyridine rings is 1. The second kappa shape index (κ2) is 10.6. The average Bonchev–Trinajstić information content (AvgIpc) is 3.30. The molecule has 0 bridgehead atoms. The van der Waals surface area contributed by atoms with E-state index in [1.807, 2.05) is 60.0 Å². The maximum absolute atomic E-state index is 11.8. The highest BCUT2D eigenvalue weighted by Gasteiger charge is 2.30. The minimum absolute atomic E-state index is 0.226. The molecule has 4 rings (SSSR count). The molecule has 1 aliphatic carbocycles. The molecule has 2 N–H and O–H groups in total. The Labute approximate surface area is 224 Å². The zero-order valence-electron chi connectivity index (χ0n) is 23.7. The molecule has 1 aromatic carbocycles. The Morgan fingerprint density at radius 2 is 1.87 bits per heavy atom. The zero-order chi connectivity index (χ0) is 27.7. The molecule has 0 saturated heterocycles. The second-order valence-electron chi connectivity index (χ2n) is 11.7. The summed E-state index contributed by atoms with van der Waals surface area (Å²) < 4.78 is 17.0. The molecular formula is C29H39N5O4. The van der Waals surface area contributed by atoms with Crippen LogP contribution in [0.5, 0.6) is 5.75 Å². The first-order valence-corrected chi connectivity index (χ1v) is 13.1. The van der Waals surface area contributed by atoms with E-state index in [-0.39, 0.29) is 5.41 Å². The molecule has 204 valence electrons. The number of nitrogens with zero attached hydrogens (tertiary/aromatic N) is 3. The molecule has 0 spiro atoms. The van der Waals surface area contributed by atoms with E-state index in [0.29, 0.717) is 24.9 Å². The van der Waals surface area contributed by atoms with Crippen molar-refractivity contribution in [3.05, 3.63) is 40.6 Å². The van der Waals surface area contributed by atoms with Gasteiger partial charge in [0.05, 0.1) is 12.1 Å². The van der Waals surface area contributed by atoms with Gasteiger partial charge in [0.15, 0.2) is 0 Å². The maximum Gasteiger partial charge on any atom is 0.407 e. The molecule has 0 radical (unpaired) electrons. The first-order valence-electron chi connectivity index (χ1n) is 13.1. The second-order valence-corrected chi connectivity index (χ2v) is 11.7. The lowest BCUT2D eigenvalue weighted by Crippen LogP contribution is -2.34. The van der Waals surface area contributed by atoms with Crippen LogP contribution < -0.4 is 15.4 Å². The van der Waals surface area contributed by atoms with Crippen LogP contribution in [0.25, 0.3) is 22.8 Å². The van der Waals surface area contributed by atoms with Crippen LogP contribution in [0.1, 0.15) is 63.3 Å². The Kier molecular flexibility index (Phi) is 7.67. The van der Waals surface area contributed by atoms with E-state index in [9.17, 15) is 4.79 Å². The normalized spacial score (nSPS) is 14.5. The number of nitrogens with one attached hydrogen (secondary N) is 2. The van der Waals surface area contributed by atoms with Gasteiger partial charge in [-0.3, -0.25) is 0 Å². The maximum atomic E-state index is 11.8. The number of amides is 1. The zero-order valence-corrected chi connectivity index (χ0v) is 23.7. The number of hydrogen-bond donors (Lipinski definition) is 2. The fraction of sp³-hybridized carbons (Fsp3) is 0.517. The van der Waals surface area contributed by atoms with Crippen LogP contribution in [0, 0.1) is 19.3 Å². The van der Waals surface area contributed by atoms with Crippen molar-refractivity contribution in [1.82, 2.24) is 20.4 Å². The summed E-state index contributed by atoms with van der Waals surface area (Å²) in [6.07, 6.45) is 4.36. The number of alkyl carbamates (subject to hydrolysis) is 1. The molecule has 0 saturated carbocycles. The first kappa shape index (κ1) is 27.4. The highest BCUT2D eigenvalue weighted by molar-refractivity contribution is 5.69. The van der Waals surface area contributed by atoms with Gasteiger partial charge in [-0.2, -0.15) is 4.98 Å². The Morgan fingerprint density at radius 1 is 1.16 bits per heavy atom. The van der Waals surface area contributed by atoms with Crippen molar-refractivity contribution in [2.75, 3.05) is 25.5 Å². The van der Waals surface area contributed by atoms with E-state index in [4.69, 9.17) is 19.0 Å². The highest BCUT2D eigenvalue weighted by atomic mass is 16.6. The van der Waals surface area contributed by atoms with Gasteiger partial charge in [-0.25, -0.2) is 9.78 Å². The molecule has 0 aliphatic heterocycles. The lowest BCUT2D eigenvalue weighted by atomic mass is 9.73. The fourth-order valence-corrected chi connectivity index (χ4v) is 4.87. The molecule has 38 heavy (non-hydrogen) atoms. The van der Waals surface area contributed by atoms with Gasteiger partial charge in [-0.15, -0.1) is 0 Å². The van der Waals surface area contributed by atoms with Gasteiger partial charge in [0.25, 0.3) is 5.89 Å². The number of carbonyl (C=O) groups excluding carboxylic acids is 1. The third-order valence-electron chi connectivity index (χ3n) is 6.63. The number of benzene rings is 1. The van der Waals surface area contributed by atoms with Crippen LogP contribution in [0.4, 0.5) is 10.6 Å². The number of fused-ring (bicyclic) bond motifs is 1. The number of rotatable bonds is 7. The number of aryl methyl sites for hydroxylation is 2. The summed E-state index contributed by atoms with van der Waals surface area (Å²) in [5.41, 5.74) is 5.80. The minimum atomic E-state index is -0.536. The molecule has 9 heteroatoms. The van der Waals surface area contributed by atoms with E-state index in [1.165, 1.54) is 11.1 Å². The number of ether oxygens (including phenoxy) is 2. The molecule has 0 atom stereocenters. The Bertz CT molecular complexity index is 1300. The van der Waals surface area contributed by atoms with E-state index in [0.717, 1.165) is 53.1 Å². The van der Waals surface area contributed by atoms with Gasteiger partial charge in [0.1, 0.15) is 23.8 Å². The summed E-state index contributed by atoms with van der Waals surface area (Å²) in [6, 6.07) is 3.97. The number of carbonyl (C=O) groups is 1. The quantitative estimate of drug-likeness (QED) is 0.371. The largest absolute Gasteiger partial charge is 0.491 e. The monoisotopic (exact) mass is 521 g/mol.